The van der Waals surface area contributed by atoms with Gasteiger partial charge < -0.3 is 15.4 Å². The van der Waals surface area contributed by atoms with E-state index < -0.39 is 6.61 Å². The zero-order valence-electron chi connectivity index (χ0n) is 14.4. The molecule has 2 N–H and O–H groups in total. The number of benzene rings is 3. The number of carbonyl (C=O) groups is 1. The first-order valence-corrected chi connectivity index (χ1v) is 8.35. The molecule has 0 spiro atoms. The van der Waals surface area contributed by atoms with E-state index in [1.54, 1.807) is 12.1 Å². The van der Waals surface area contributed by atoms with Gasteiger partial charge in [-0.15, -0.1) is 0 Å². The molecule has 0 saturated carbocycles. The Hall–Kier alpha value is -3.41. The minimum absolute atomic E-state index is 0.0787. The molecule has 0 aromatic heterocycles. The third kappa shape index (κ3) is 5.28. The van der Waals surface area contributed by atoms with Crippen LogP contribution in [0.2, 0.25) is 0 Å². The van der Waals surface area contributed by atoms with Crippen molar-refractivity contribution in [3.8, 4) is 16.9 Å². The Kier molecular flexibility index (Phi) is 5.99. The molecule has 6 heteroatoms. The van der Waals surface area contributed by atoms with E-state index in [0.29, 0.717) is 5.69 Å². The van der Waals surface area contributed by atoms with E-state index in [9.17, 15) is 13.6 Å². The molecule has 0 saturated heterocycles. The maximum absolute atomic E-state index is 12.2. The maximum atomic E-state index is 12.2. The van der Waals surface area contributed by atoms with E-state index in [0.717, 1.165) is 16.7 Å². The number of urea groups is 1. The highest BCUT2D eigenvalue weighted by molar-refractivity contribution is 5.94. The standard InChI is InChI=1S/C21H18F2N2O2/c22-20(23)27-17-12-10-15(11-13-17)14-24-21(26)25-19-9-5-4-8-18(19)16-6-2-1-3-7-16/h1-13,20H,14H2,(H2,24,25,26). The number of halogens is 2. The highest BCUT2D eigenvalue weighted by Crippen LogP contribution is 2.27. The summed E-state index contributed by atoms with van der Waals surface area (Å²) in [5.74, 6) is 0.0787. The molecule has 0 atom stereocenters. The van der Waals surface area contributed by atoms with Gasteiger partial charge >= 0.3 is 12.6 Å². The fourth-order valence-corrected chi connectivity index (χ4v) is 2.60. The van der Waals surface area contributed by atoms with Gasteiger partial charge in [-0.1, -0.05) is 60.7 Å². The second-order valence-electron chi connectivity index (χ2n) is 5.74. The number of hydrogen-bond acceptors (Lipinski definition) is 2. The quantitative estimate of drug-likeness (QED) is 0.622. The van der Waals surface area contributed by atoms with Gasteiger partial charge in [0.2, 0.25) is 0 Å². The molecule has 2 amide bonds. The Morgan fingerprint density at radius 2 is 1.56 bits per heavy atom. The average molecular weight is 368 g/mol. The van der Waals surface area contributed by atoms with Crippen LogP contribution in [0, 0.1) is 0 Å². The highest BCUT2D eigenvalue weighted by atomic mass is 19.3. The van der Waals surface area contributed by atoms with Crippen LogP contribution in [-0.4, -0.2) is 12.6 Å². The predicted octanol–water partition coefficient (Wildman–Crippen LogP) is 5.28. The lowest BCUT2D eigenvalue weighted by Gasteiger charge is -2.12. The molecule has 0 unspecified atom stereocenters. The molecular weight excluding hydrogens is 350 g/mol. The lowest BCUT2D eigenvalue weighted by atomic mass is 10.0. The first-order chi connectivity index (χ1) is 13.1. The first kappa shape index (κ1) is 18.4. The summed E-state index contributed by atoms with van der Waals surface area (Å²) < 4.78 is 28.6. The van der Waals surface area contributed by atoms with Crippen molar-refractivity contribution >= 4 is 11.7 Å². The van der Waals surface area contributed by atoms with Crippen molar-refractivity contribution in [3.05, 3.63) is 84.4 Å². The summed E-state index contributed by atoms with van der Waals surface area (Å²) in [5, 5.41) is 5.59. The summed E-state index contributed by atoms with van der Waals surface area (Å²) in [4.78, 5) is 12.2. The maximum Gasteiger partial charge on any atom is 0.387 e. The van der Waals surface area contributed by atoms with Crippen LogP contribution < -0.4 is 15.4 Å². The van der Waals surface area contributed by atoms with Crippen LogP contribution in [0.4, 0.5) is 19.3 Å². The molecule has 27 heavy (non-hydrogen) atoms. The van der Waals surface area contributed by atoms with E-state index in [4.69, 9.17) is 0 Å². The number of hydrogen-bond donors (Lipinski definition) is 2. The summed E-state index contributed by atoms with van der Waals surface area (Å²) in [6, 6.07) is 23.0. The summed E-state index contributed by atoms with van der Waals surface area (Å²) in [6.07, 6.45) is 0. The van der Waals surface area contributed by atoms with E-state index in [-0.39, 0.29) is 18.3 Å². The van der Waals surface area contributed by atoms with Crippen molar-refractivity contribution in [2.45, 2.75) is 13.2 Å². The number of nitrogens with one attached hydrogen (secondary N) is 2. The zero-order valence-corrected chi connectivity index (χ0v) is 14.4. The average Bonchev–Trinajstić information content (AvgIpc) is 2.68. The summed E-state index contributed by atoms with van der Waals surface area (Å²) >= 11 is 0. The minimum atomic E-state index is -2.86. The van der Waals surface area contributed by atoms with Crippen LogP contribution in [0.15, 0.2) is 78.9 Å². The number of rotatable bonds is 6. The van der Waals surface area contributed by atoms with Gasteiger partial charge in [-0.05, 0) is 29.3 Å². The SMILES string of the molecule is O=C(NCc1ccc(OC(F)F)cc1)Nc1ccccc1-c1ccccc1. The Bertz CT molecular complexity index is 884. The molecular formula is C21H18F2N2O2. The van der Waals surface area contributed by atoms with Crippen LogP contribution >= 0.6 is 0 Å². The predicted molar refractivity (Wildman–Crippen MR) is 101 cm³/mol. The molecule has 3 rings (SSSR count). The van der Waals surface area contributed by atoms with Crippen LogP contribution in [-0.2, 0) is 6.54 Å². The van der Waals surface area contributed by atoms with E-state index >= 15 is 0 Å². The van der Waals surface area contributed by atoms with Crippen molar-refractivity contribution in [2.24, 2.45) is 0 Å². The summed E-state index contributed by atoms with van der Waals surface area (Å²) in [5.41, 5.74) is 3.38. The van der Waals surface area contributed by atoms with Crippen molar-refractivity contribution < 1.29 is 18.3 Å². The van der Waals surface area contributed by atoms with Gasteiger partial charge in [-0.2, -0.15) is 8.78 Å². The van der Waals surface area contributed by atoms with Crippen LogP contribution in [0.3, 0.4) is 0 Å². The van der Waals surface area contributed by atoms with Gasteiger partial charge in [0.1, 0.15) is 5.75 Å². The molecule has 138 valence electrons. The van der Waals surface area contributed by atoms with E-state index in [1.807, 2.05) is 54.6 Å². The van der Waals surface area contributed by atoms with Gasteiger partial charge in [-0.3, -0.25) is 0 Å². The molecule has 0 fully saturated rings. The molecule has 4 nitrogen and oxygen atoms in total. The second kappa shape index (κ2) is 8.80. The number of carbonyl (C=O) groups excluding carboxylic acids is 1. The highest BCUT2D eigenvalue weighted by Gasteiger charge is 2.08. The number of para-hydroxylation sites is 1. The van der Waals surface area contributed by atoms with Crippen molar-refractivity contribution in [1.29, 1.82) is 0 Å². The third-order valence-corrected chi connectivity index (χ3v) is 3.86. The molecule has 3 aromatic carbocycles. The molecule has 0 heterocycles. The number of anilines is 1. The second-order valence-corrected chi connectivity index (χ2v) is 5.74. The Labute approximate surface area is 155 Å². The van der Waals surface area contributed by atoms with E-state index in [2.05, 4.69) is 15.4 Å². The smallest absolute Gasteiger partial charge is 0.387 e. The van der Waals surface area contributed by atoms with Gasteiger partial charge in [-0.25, -0.2) is 4.79 Å². The monoisotopic (exact) mass is 368 g/mol. The van der Waals surface area contributed by atoms with E-state index in [1.165, 1.54) is 12.1 Å². The summed E-state index contributed by atoms with van der Waals surface area (Å²) in [6.45, 7) is -2.60. The summed E-state index contributed by atoms with van der Waals surface area (Å²) in [7, 11) is 0. The fraction of sp³-hybridized carbons (Fsp3) is 0.0952. The largest absolute Gasteiger partial charge is 0.435 e. The Morgan fingerprint density at radius 1 is 0.889 bits per heavy atom. The number of amides is 2. The topological polar surface area (TPSA) is 50.4 Å². The number of ether oxygens (including phenoxy) is 1. The molecule has 3 aromatic rings. The third-order valence-electron chi connectivity index (χ3n) is 3.86. The Morgan fingerprint density at radius 3 is 2.26 bits per heavy atom. The van der Waals surface area contributed by atoms with Gasteiger partial charge in [0.25, 0.3) is 0 Å². The Balaban J connectivity index is 1.60. The van der Waals surface area contributed by atoms with Crippen molar-refractivity contribution in [3.63, 3.8) is 0 Å². The van der Waals surface area contributed by atoms with Crippen LogP contribution in [0.1, 0.15) is 5.56 Å². The normalized spacial score (nSPS) is 10.5. The molecule has 0 aliphatic carbocycles. The zero-order chi connectivity index (χ0) is 19.1. The fourth-order valence-electron chi connectivity index (χ4n) is 2.60. The molecule has 0 radical (unpaired) electrons. The van der Waals surface area contributed by atoms with Gasteiger partial charge in [0.15, 0.2) is 0 Å². The molecule has 0 bridgehead atoms. The van der Waals surface area contributed by atoms with Crippen LogP contribution in [0.5, 0.6) is 5.75 Å². The number of alkyl halides is 2. The molecule has 0 aliphatic heterocycles. The first-order valence-electron chi connectivity index (χ1n) is 8.35. The van der Waals surface area contributed by atoms with Crippen molar-refractivity contribution in [2.75, 3.05) is 5.32 Å². The van der Waals surface area contributed by atoms with Gasteiger partial charge in [0, 0.05) is 12.1 Å². The van der Waals surface area contributed by atoms with Crippen molar-refractivity contribution in [1.82, 2.24) is 5.32 Å². The van der Waals surface area contributed by atoms with Gasteiger partial charge in [0.05, 0.1) is 5.69 Å². The lowest BCUT2D eigenvalue weighted by Crippen LogP contribution is -2.28. The minimum Gasteiger partial charge on any atom is -0.435 e. The van der Waals surface area contributed by atoms with Crippen LogP contribution in [0.25, 0.3) is 11.1 Å². The lowest BCUT2D eigenvalue weighted by molar-refractivity contribution is -0.0498. The molecule has 0 aliphatic rings.